The fourth-order valence-corrected chi connectivity index (χ4v) is 1.77. The number of H-pyrrole nitrogens is 1. The number of rotatable bonds is 5. The summed E-state index contributed by atoms with van der Waals surface area (Å²) in [6.07, 6.45) is 4.07. The highest BCUT2D eigenvalue weighted by atomic mass is 16.3. The predicted molar refractivity (Wildman–Crippen MR) is 72.4 cm³/mol. The van der Waals surface area contributed by atoms with Crippen LogP contribution in [-0.2, 0) is 17.8 Å². The van der Waals surface area contributed by atoms with Gasteiger partial charge >= 0.3 is 0 Å². The van der Waals surface area contributed by atoms with Crippen molar-refractivity contribution in [2.45, 2.75) is 19.0 Å². The third-order valence-corrected chi connectivity index (χ3v) is 2.86. The van der Waals surface area contributed by atoms with Crippen LogP contribution in [0.3, 0.4) is 0 Å². The lowest BCUT2D eigenvalue weighted by molar-refractivity contribution is -0.122. The lowest BCUT2D eigenvalue weighted by Crippen LogP contribution is -2.41. The number of phenolic OH excluding ortho intramolecular Hbond substituents is 1. The van der Waals surface area contributed by atoms with E-state index in [-0.39, 0.29) is 11.7 Å². The Morgan fingerprint density at radius 1 is 1.26 bits per heavy atom. The van der Waals surface area contributed by atoms with E-state index in [0.29, 0.717) is 13.0 Å². The zero-order valence-corrected chi connectivity index (χ0v) is 10.5. The molecule has 1 heterocycles. The molecule has 1 atom stereocenters. The second-order valence-electron chi connectivity index (χ2n) is 4.41. The van der Waals surface area contributed by atoms with E-state index in [9.17, 15) is 9.90 Å². The summed E-state index contributed by atoms with van der Waals surface area (Å²) in [6.45, 7) is 0.464. The van der Waals surface area contributed by atoms with Crippen LogP contribution in [-0.4, -0.2) is 22.0 Å². The van der Waals surface area contributed by atoms with Crippen LogP contribution < -0.4 is 11.1 Å². The van der Waals surface area contributed by atoms with Crippen molar-refractivity contribution >= 4 is 5.91 Å². The molecule has 0 aliphatic carbocycles. The predicted octanol–water partition coefficient (Wildman–Crippen LogP) is 0.906. The van der Waals surface area contributed by atoms with Crippen molar-refractivity contribution in [3.05, 3.63) is 53.9 Å². The summed E-state index contributed by atoms with van der Waals surface area (Å²) in [4.78, 5) is 14.7. The Kier molecular flexibility index (Phi) is 4.20. The van der Waals surface area contributed by atoms with Crippen molar-refractivity contribution in [1.29, 1.82) is 0 Å². The lowest BCUT2D eigenvalue weighted by atomic mass is 10.1. The quantitative estimate of drug-likeness (QED) is 0.643. The summed E-state index contributed by atoms with van der Waals surface area (Å²) in [7, 11) is 0. The summed E-state index contributed by atoms with van der Waals surface area (Å²) in [5.74, 6) is 0.0171. The minimum Gasteiger partial charge on any atom is -0.508 e. The van der Waals surface area contributed by atoms with E-state index in [0.717, 1.165) is 11.1 Å². The molecule has 0 spiro atoms. The first-order chi connectivity index (χ1) is 9.15. The van der Waals surface area contributed by atoms with Crippen LogP contribution in [0.25, 0.3) is 0 Å². The Bertz CT molecular complexity index is 520. The van der Waals surface area contributed by atoms with Crippen molar-refractivity contribution in [3.8, 4) is 5.75 Å². The smallest absolute Gasteiger partial charge is 0.237 e. The Labute approximate surface area is 111 Å². The molecule has 0 aliphatic rings. The molecule has 5 N–H and O–H groups in total. The van der Waals surface area contributed by atoms with Crippen LogP contribution in [0, 0.1) is 0 Å². The van der Waals surface area contributed by atoms with Gasteiger partial charge in [0.05, 0.1) is 6.04 Å². The summed E-state index contributed by atoms with van der Waals surface area (Å²) >= 11 is 0. The van der Waals surface area contributed by atoms with Crippen molar-refractivity contribution in [2.24, 2.45) is 5.73 Å². The number of aromatic nitrogens is 1. The first-order valence-corrected chi connectivity index (χ1v) is 6.08. The molecule has 5 heteroatoms. The third-order valence-electron chi connectivity index (χ3n) is 2.86. The third kappa shape index (κ3) is 3.86. The number of phenols is 1. The molecule has 0 fully saturated rings. The van der Waals surface area contributed by atoms with Gasteiger partial charge < -0.3 is 21.1 Å². The van der Waals surface area contributed by atoms with Gasteiger partial charge in [0.2, 0.25) is 5.91 Å². The second kappa shape index (κ2) is 6.06. The number of aromatic amines is 1. The number of carbonyl (C=O) groups excluding carboxylic acids is 1. The average molecular weight is 259 g/mol. The van der Waals surface area contributed by atoms with Gasteiger partial charge in [0, 0.05) is 18.9 Å². The number of nitrogens with one attached hydrogen (secondary N) is 2. The molecule has 2 aromatic rings. The van der Waals surface area contributed by atoms with Gasteiger partial charge in [0.25, 0.3) is 0 Å². The second-order valence-corrected chi connectivity index (χ2v) is 4.41. The highest BCUT2D eigenvalue weighted by Crippen LogP contribution is 2.10. The molecule has 100 valence electrons. The summed E-state index contributed by atoms with van der Waals surface area (Å²) in [5.41, 5.74) is 7.77. The minimum absolute atomic E-state index is 0.186. The largest absolute Gasteiger partial charge is 0.508 e. The maximum Gasteiger partial charge on any atom is 0.237 e. The molecule has 19 heavy (non-hydrogen) atoms. The minimum atomic E-state index is -0.594. The lowest BCUT2D eigenvalue weighted by Gasteiger charge is -2.12. The number of aromatic hydroxyl groups is 1. The molecule has 0 saturated carbocycles. The van der Waals surface area contributed by atoms with E-state index < -0.39 is 6.04 Å². The van der Waals surface area contributed by atoms with Crippen molar-refractivity contribution < 1.29 is 9.90 Å². The molecule has 0 radical (unpaired) electrons. The van der Waals surface area contributed by atoms with Crippen molar-refractivity contribution in [2.75, 3.05) is 0 Å². The Hall–Kier alpha value is -2.27. The molecule has 1 amide bonds. The number of amides is 1. The van der Waals surface area contributed by atoms with Crippen molar-refractivity contribution in [3.63, 3.8) is 0 Å². The van der Waals surface area contributed by atoms with E-state index >= 15 is 0 Å². The molecule has 0 aliphatic heterocycles. The van der Waals surface area contributed by atoms with Crippen LogP contribution in [0.5, 0.6) is 5.75 Å². The standard InChI is InChI=1S/C14H17N3O2/c15-13(7-10-1-3-12(18)4-2-10)14(19)17-9-11-5-6-16-8-11/h1-6,8,13,16,18H,7,9,15H2,(H,17,19)/t13-/m0/s1. The fraction of sp³-hybridized carbons (Fsp3) is 0.214. The summed E-state index contributed by atoms with van der Waals surface area (Å²) in [5, 5.41) is 12.0. The van der Waals surface area contributed by atoms with Gasteiger partial charge in [-0.25, -0.2) is 0 Å². The van der Waals surface area contributed by atoms with Crippen LogP contribution in [0.2, 0.25) is 0 Å². The maximum absolute atomic E-state index is 11.8. The van der Waals surface area contributed by atoms with Gasteiger partial charge in [0.1, 0.15) is 5.75 Å². The molecular weight excluding hydrogens is 242 g/mol. The van der Waals surface area contributed by atoms with Gasteiger partial charge in [-0.2, -0.15) is 0 Å². The molecule has 0 bridgehead atoms. The zero-order chi connectivity index (χ0) is 13.7. The van der Waals surface area contributed by atoms with Crippen molar-refractivity contribution in [1.82, 2.24) is 10.3 Å². The van der Waals surface area contributed by atoms with Crippen LogP contribution in [0.4, 0.5) is 0 Å². The summed E-state index contributed by atoms with van der Waals surface area (Å²) < 4.78 is 0. The topological polar surface area (TPSA) is 91.1 Å². The van der Waals surface area contributed by atoms with E-state index in [4.69, 9.17) is 5.73 Å². The van der Waals surface area contributed by atoms with Crippen LogP contribution in [0.1, 0.15) is 11.1 Å². The van der Waals surface area contributed by atoms with Crippen LogP contribution >= 0.6 is 0 Å². The van der Waals surface area contributed by atoms with Gasteiger partial charge in [-0.1, -0.05) is 12.1 Å². The van der Waals surface area contributed by atoms with E-state index in [2.05, 4.69) is 10.3 Å². The normalized spacial score (nSPS) is 12.1. The molecule has 0 unspecified atom stereocenters. The zero-order valence-electron chi connectivity index (χ0n) is 10.5. The first kappa shape index (κ1) is 13.2. The monoisotopic (exact) mass is 259 g/mol. The highest BCUT2D eigenvalue weighted by Gasteiger charge is 2.13. The number of nitrogens with two attached hydrogens (primary N) is 1. The molecule has 2 rings (SSSR count). The van der Waals surface area contributed by atoms with Gasteiger partial charge in [-0.05, 0) is 35.7 Å². The fourth-order valence-electron chi connectivity index (χ4n) is 1.77. The average Bonchev–Trinajstić information content (AvgIpc) is 2.91. The van der Waals surface area contributed by atoms with Gasteiger partial charge in [0.15, 0.2) is 0 Å². The molecule has 0 saturated heterocycles. The Balaban J connectivity index is 1.83. The Morgan fingerprint density at radius 3 is 2.63 bits per heavy atom. The molecule has 5 nitrogen and oxygen atoms in total. The molecule has 1 aromatic heterocycles. The highest BCUT2D eigenvalue weighted by molar-refractivity contribution is 5.81. The van der Waals surface area contributed by atoms with Crippen LogP contribution in [0.15, 0.2) is 42.7 Å². The number of carbonyl (C=O) groups is 1. The summed E-state index contributed by atoms with van der Waals surface area (Å²) in [6, 6.07) is 7.98. The van der Waals surface area contributed by atoms with E-state index in [1.54, 1.807) is 30.5 Å². The maximum atomic E-state index is 11.8. The van der Waals surface area contributed by atoms with Gasteiger partial charge in [-0.15, -0.1) is 0 Å². The SMILES string of the molecule is N[C@@H](Cc1ccc(O)cc1)C(=O)NCc1cc[nH]c1. The van der Waals surface area contributed by atoms with E-state index in [1.165, 1.54) is 0 Å². The van der Waals surface area contributed by atoms with Gasteiger partial charge in [-0.3, -0.25) is 4.79 Å². The van der Waals surface area contributed by atoms with E-state index in [1.807, 2.05) is 12.3 Å². The number of hydrogen-bond donors (Lipinski definition) is 4. The number of benzene rings is 1. The first-order valence-electron chi connectivity index (χ1n) is 6.08. The molecular formula is C14H17N3O2. The molecule has 1 aromatic carbocycles. The Morgan fingerprint density at radius 2 is 2.00 bits per heavy atom. The number of hydrogen-bond acceptors (Lipinski definition) is 3.